The van der Waals surface area contributed by atoms with E-state index in [1.807, 2.05) is 25.1 Å². The molecule has 3 heteroatoms. The molecule has 2 unspecified atom stereocenters. The minimum absolute atomic E-state index is 0.105. The predicted molar refractivity (Wildman–Crippen MR) is 61.8 cm³/mol. The fourth-order valence-corrected chi connectivity index (χ4v) is 2.10. The Balaban J connectivity index is 2.07. The third-order valence-corrected chi connectivity index (χ3v) is 3.33. The second-order valence-corrected chi connectivity index (χ2v) is 5.03. The van der Waals surface area contributed by atoms with Gasteiger partial charge in [0, 0.05) is 0 Å². The number of halogens is 1. The molecule has 0 aliphatic heterocycles. The highest BCUT2D eigenvalue weighted by molar-refractivity contribution is 9.10. The third-order valence-electron chi connectivity index (χ3n) is 2.71. The summed E-state index contributed by atoms with van der Waals surface area (Å²) in [6.07, 6.45) is 0.961. The van der Waals surface area contributed by atoms with Crippen molar-refractivity contribution < 1.29 is 9.53 Å². The van der Waals surface area contributed by atoms with E-state index in [2.05, 4.69) is 22.9 Å². The number of aryl methyl sites for hydroxylation is 1. The van der Waals surface area contributed by atoms with Gasteiger partial charge < -0.3 is 4.74 Å². The topological polar surface area (TPSA) is 26.3 Å². The Bertz CT molecular complexity index is 401. The van der Waals surface area contributed by atoms with Gasteiger partial charge in [0.15, 0.2) is 0 Å². The summed E-state index contributed by atoms with van der Waals surface area (Å²) in [6.45, 7) is 4.06. The fraction of sp³-hybridized carbons (Fsp3) is 0.417. The van der Waals surface area contributed by atoms with E-state index >= 15 is 0 Å². The lowest BCUT2D eigenvalue weighted by atomic mass is 10.2. The molecule has 1 fully saturated rings. The number of rotatable bonds is 2. The van der Waals surface area contributed by atoms with Gasteiger partial charge in [0.1, 0.15) is 5.75 Å². The van der Waals surface area contributed by atoms with Crippen LogP contribution in [0.25, 0.3) is 0 Å². The normalized spacial score (nSPS) is 23.7. The molecule has 2 nitrogen and oxygen atoms in total. The molecule has 0 N–H and O–H groups in total. The summed E-state index contributed by atoms with van der Waals surface area (Å²) in [4.78, 5) is 11.6. The lowest BCUT2D eigenvalue weighted by Gasteiger charge is -2.06. The molecule has 15 heavy (non-hydrogen) atoms. The molecule has 0 amide bonds. The first-order valence-electron chi connectivity index (χ1n) is 5.06. The fourth-order valence-electron chi connectivity index (χ4n) is 1.52. The average Bonchev–Trinajstić information content (AvgIpc) is 2.88. The van der Waals surface area contributed by atoms with Gasteiger partial charge in [0.25, 0.3) is 0 Å². The molecular formula is C12H13BrO2. The van der Waals surface area contributed by atoms with Crippen LogP contribution in [-0.2, 0) is 4.79 Å². The van der Waals surface area contributed by atoms with Gasteiger partial charge in [-0.1, -0.05) is 13.0 Å². The van der Waals surface area contributed by atoms with Crippen molar-refractivity contribution in [2.75, 3.05) is 0 Å². The average molecular weight is 269 g/mol. The summed E-state index contributed by atoms with van der Waals surface area (Å²) < 4.78 is 6.15. The molecule has 2 atom stereocenters. The number of benzene rings is 1. The summed E-state index contributed by atoms with van der Waals surface area (Å²) in [5, 5.41) is 0. The Hall–Kier alpha value is -0.830. The Labute approximate surface area is 97.8 Å². The smallest absolute Gasteiger partial charge is 0.314 e. The number of ether oxygens (including phenoxy) is 1. The first-order valence-corrected chi connectivity index (χ1v) is 5.85. The van der Waals surface area contributed by atoms with Crippen molar-refractivity contribution in [2.24, 2.45) is 11.8 Å². The predicted octanol–water partition coefficient (Wildman–Crippen LogP) is 3.32. The van der Waals surface area contributed by atoms with E-state index in [9.17, 15) is 4.79 Å². The van der Waals surface area contributed by atoms with E-state index in [-0.39, 0.29) is 11.9 Å². The van der Waals surface area contributed by atoms with Gasteiger partial charge in [-0.25, -0.2) is 0 Å². The molecule has 0 spiro atoms. The van der Waals surface area contributed by atoms with E-state index < -0.39 is 0 Å². The first kappa shape index (κ1) is 10.7. The van der Waals surface area contributed by atoms with E-state index in [4.69, 9.17) is 4.74 Å². The van der Waals surface area contributed by atoms with Crippen molar-refractivity contribution in [1.29, 1.82) is 0 Å². The summed E-state index contributed by atoms with van der Waals surface area (Å²) in [7, 11) is 0. The molecule has 1 aliphatic carbocycles. The van der Waals surface area contributed by atoms with Crippen LogP contribution in [0.5, 0.6) is 5.75 Å². The van der Waals surface area contributed by atoms with Gasteiger partial charge in [-0.3, -0.25) is 4.79 Å². The molecular weight excluding hydrogens is 256 g/mol. The number of esters is 1. The zero-order valence-corrected chi connectivity index (χ0v) is 10.4. The SMILES string of the molecule is Cc1ccc(OC(=O)C2CC2C)c(Br)c1. The van der Waals surface area contributed by atoms with Gasteiger partial charge in [0.05, 0.1) is 10.4 Å². The minimum Gasteiger partial charge on any atom is -0.425 e. The molecule has 0 aromatic heterocycles. The summed E-state index contributed by atoms with van der Waals surface area (Å²) in [5.41, 5.74) is 1.14. The zero-order valence-electron chi connectivity index (χ0n) is 8.79. The Kier molecular flexibility index (Phi) is 2.83. The molecule has 1 saturated carbocycles. The molecule has 2 rings (SSSR count). The standard InChI is InChI=1S/C12H13BrO2/c1-7-3-4-11(10(13)5-7)15-12(14)9-6-8(9)2/h3-5,8-9H,6H2,1-2H3. The van der Waals surface area contributed by atoms with Crippen LogP contribution < -0.4 is 4.74 Å². The number of carbonyl (C=O) groups excluding carboxylic acids is 1. The molecule has 1 aromatic rings. The van der Waals surface area contributed by atoms with Crippen molar-refractivity contribution in [3.8, 4) is 5.75 Å². The van der Waals surface area contributed by atoms with Gasteiger partial charge >= 0.3 is 5.97 Å². The largest absolute Gasteiger partial charge is 0.425 e. The monoisotopic (exact) mass is 268 g/mol. The minimum atomic E-state index is -0.105. The highest BCUT2D eigenvalue weighted by Crippen LogP contribution is 2.39. The van der Waals surface area contributed by atoms with Gasteiger partial charge in [-0.05, 0) is 52.9 Å². The van der Waals surface area contributed by atoms with E-state index in [0.29, 0.717) is 11.7 Å². The van der Waals surface area contributed by atoms with Crippen molar-refractivity contribution in [3.63, 3.8) is 0 Å². The second kappa shape index (κ2) is 3.97. The highest BCUT2D eigenvalue weighted by Gasteiger charge is 2.40. The molecule has 0 heterocycles. The third kappa shape index (κ3) is 2.40. The lowest BCUT2D eigenvalue weighted by Crippen LogP contribution is -2.11. The van der Waals surface area contributed by atoms with E-state index in [1.165, 1.54) is 0 Å². The van der Waals surface area contributed by atoms with Gasteiger partial charge in [-0.2, -0.15) is 0 Å². The van der Waals surface area contributed by atoms with Gasteiger partial charge in [-0.15, -0.1) is 0 Å². The number of carbonyl (C=O) groups is 1. The molecule has 0 radical (unpaired) electrons. The maximum absolute atomic E-state index is 11.6. The second-order valence-electron chi connectivity index (χ2n) is 4.17. The van der Waals surface area contributed by atoms with Crippen molar-refractivity contribution in [2.45, 2.75) is 20.3 Å². The van der Waals surface area contributed by atoms with Crippen molar-refractivity contribution >= 4 is 21.9 Å². The summed E-state index contributed by atoms with van der Waals surface area (Å²) >= 11 is 3.38. The zero-order chi connectivity index (χ0) is 11.0. The van der Waals surface area contributed by atoms with Crippen LogP contribution in [0.4, 0.5) is 0 Å². The van der Waals surface area contributed by atoms with E-state index in [1.54, 1.807) is 0 Å². The lowest BCUT2D eigenvalue weighted by molar-refractivity contribution is -0.136. The van der Waals surface area contributed by atoms with Crippen molar-refractivity contribution in [3.05, 3.63) is 28.2 Å². The number of hydrogen-bond donors (Lipinski definition) is 0. The molecule has 1 aliphatic rings. The first-order chi connectivity index (χ1) is 7.08. The van der Waals surface area contributed by atoms with Crippen LogP contribution in [-0.4, -0.2) is 5.97 Å². The van der Waals surface area contributed by atoms with Crippen LogP contribution in [0.15, 0.2) is 22.7 Å². The van der Waals surface area contributed by atoms with Crippen LogP contribution in [0, 0.1) is 18.8 Å². The maximum atomic E-state index is 11.6. The van der Waals surface area contributed by atoms with Gasteiger partial charge in [0.2, 0.25) is 0 Å². The Morgan fingerprint density at radius 2 is 2.20 bits per heavy atom. The molecule has 0 bridgehead atoms. The number of hydrogen-bond acceptors (Lipinski definition) is 2. The van der Waals surface area contributed by atoms with Crippen molar-refractivity contribution in [1.82, 2.24) is 0 Å². The molecule has 80 valence electrons. The summed E-state index contributed by atoms with van der Waals surface area (Å²) in [5.74, 6) is 1.11. The Morgan fingerprint density at radius 3 is 2.73 bits per heavy atom. The Morgan fingerprint density at radius 1 is 1.53 bits per heavy atom. The summed E-state index contributed by atoms with van der Waals surface area (Å²) in [6, 6.07) is 5.70. The van der Waals surface area contributed by atoms with Crippen LogP contribution in [0.3, 0.4) is 0 Å². The molecule has 0 saturated heterocycles. The van der Waals surface area contributed by atoms with E-state index in [0.717, 1.165) is 16.5 Å². The molecule has 1 aromatic carbocycles. The van der Waals surface area contributed by atoms with Crippen LogP contribution in [0.2, 0.25) is 0 Å². The maximum Gasteiger partial charge on any atom is 0.314 e. The quantitative estimate of drug-likeness (QED) is 0.608. The highest BCUT2D eigenvalue weighted by atomic mass is 79.9. The van der Waals surface area contributed by atoms with Crippen LogP contribution >= 0.6 is 15.9 Å². The van der Waals surface area contributed by atoms with Crippen LogP contribution in [0.1, 0.15) is 18.9 Å².